The zero-order chi connectivity index (χ0) is 13.5. The van der Waals surface area contributed by atoms with E-state index in [4.69, 9.17) is 0 Å². The van der Waals surface area contributed by atoms with Crippen LogP contribution in [0, 0.1) is 5.92 Å². The molecule has 106 valence electrons. The number of nitrogens with one attached hydrogen (secondary N) is 2. The number of carbonyl (C=O) groups is 1. The lowest BCUT2D eigenvalue weighted by Gasteiger charge is -2.27. The Bertz CT molecular complexity index is 255. The van der Waals surface area contributed by atoms with E-state index in [0.29, 0.717) is 12.0 Å². The maximum absolute atomic E-state index is 12.0. The molecule has 1 saturated carbocycles. The zero-order valence-electron chi connectivity index (χ0n) is 12.5. The Morgan fingerprint density at radius 1 is 1.22 bits per heavy atom. The smallest absolute Gasteiger partial charge is 0.237 e. The van der Waals surface area contributed by atoms with Crippen LogP contribution < -0.4 is 10.6 Å². The largest absolute Gasteiger partial charge is 0.352 e. The molecule has 0 aromatic heterocycles. The molecule has 4 atom stereocenters. The quantitative estimate of drug-likeness (QED) is 0.741. The number of rotatable bonds is 5. The van der Waals surface area contributed by atoms with Gasteiger partial charge in [0.05, 0.1) is 6.04 Å². The van der Waals surface area contributed by atoms with Gasteiger partial charge in [-0.25, -0.2) is 0 Å². The van der Waals surface area contributed by atoms with Crippen LogP contribution in [0.5, 0.6) is 0 Å². The maximum atomic E-state index is 12.0. The van der Waals surface area contributed by atoms with E-state index in [1.54, 1.807) is 0 Å². The van der Waals surface area contributed by atoms with Crippen molar-refractivity contribution in [3.63, 3.8) is 0 Å². The Balaban J connectivity index is 2.41. The first kappa shape index (κ1) is 15.5. The van der Waals surface area contributed by atoms with Gasteiger partial charge in [-0.15, -0.1) is 0 Å². The fourth-order valence-corrected chi connectivity index (χ4v) is 2.61. The molecular weight excluding hydrogens is 224 g/mol. The van der Waals surface area contributed by atoms with Crippen molar-refractivity contribution in [2.45, 2.75) is 84.3 Å². The molecule has 1 fully saturated rings. The lowest BCUT2D eigenvalue weighted by atomic mass is 9.96. The summed E-state index contributed by atoms with van der Waals surface area (Å²) in [4.78, 5) is 12.0. The van der Waals surface area contributed by atoms with Crippen LogP contribution in [0.1, 0.15) is 66.2 Å². The molecule has 1 aliphatic carbocycles. The minimum Gasteiger partial charge on any atom is -0.352 e. The first-order valence-corrected chi connectivity index (χ1v) is 7.61. The molecule has 0 aliphatic heterocycles. The highest BCUT2D eigenvalue weighted by Gasteiger charge is 2.24. The SMILES string of the molecule is CCC(C)NC(=O)C(C)NC1CCCCCC1C. The van der Waals surface area contributed by atoms with Crippen LogP contribution >= 0.6 is 0 Å². The van der Waals surface area contributed by atoms with E-state index in [-0.39, 0.29) is 18.0 Å². The third-order valence-electron chi connectivity index (χ3n) is 4.22. The van der Waals surface area contributed by atoms with E-state index in [9.17, 15) is 4.79 Å². The molecule has 18 heavy (non-hydrogen) atoms. The predicted octanol–water partition coefficient (Wildman–Crippen LogP) is 2.85. The number of hydrogen-bond acceptors (Lipinski definition) is 2. The summed E-state index contributed by atoms with van der Waals surface area (Å²) in [7, 11) is 0. The summed E-state index contributed by atoms with van der Waals surface area (Å²) in [6, 6.07) is 0.697. The summed E-state index contributed by atoms with van der Waals surface area (Å²) in [5, 5.41) is 6.57. The summed E-state index contributed by atoms with van der Waals surface area (Å²) in [6.45, 7) is 8.44. The van der Waals surface area contributed by atoms with Crippen LogP contribution in [0.2, 0.25) is 0 Å². The maximum Gasteiger partial charge on any atom is 0.237 e. The average Bonchev–Trinajstić information content (AvgIpc) is 2.54. The molecule has 0 radical (unpaired) electrons. The standard InChI is InChI=1S/C15H30N2O/c1-5-12(3)16-15(18)13(4)17-14-10-8-6-7-9-11(14)2/h11-14,17H,5-10H2,1-4H3,(H,16,18). The number of carbonyl (C=O) groups excluding carboxylic acids is 1. The van der Waals surface area contributed by atoms with Crippen molar-refractivity contribution in [3.05, 3.63) is 0 Å². The summed E-state index contributed by atoms with van der Waals surface area (Å²) in [6.07, 6.45) is 7.46. The van der Waals surface area contributed by atoms with Crippen LogP contribution in [-0.4, -0.2) is 24.0 Å². The molecule has 0 heterocycles. The average molecular weight is 254 g/mol. The molecular formula is C15H30N2O. The van der Waals surface area contributed by atoms with Gasteiger partial charge in [-0.3, -0.25) is 4.79 Å². The van der Waals surface area contributed by atoms with Crippen molar-refractivity contribution in [3.8, 4) is 0 Å². The molecule has 3 heteroatoms. The highest BCUT2D eigenvalue weighted by atomic mass is 16.2. The molecule has 2 N–H and O–H groups in total. The second kappa shape index (κ2) is 7.78. The molecule has 1 amide bonds. The van der Waals surface area contributed by atoms with Gasteiger partial charge in [0.15, 0.2) is 0 Å². The van der Waals surface area contributed by atoms with Crippen molar-refractivity contribution in [1.29, 1.82) is 0 Å². The lowest BCUT2D eigenvalue weighted by Crippen LogP contribution is -2.50. The summed E-state index contributed by atoms with van der Waals surface area (Å²) < 4.78 is 0. The van der Waals surface area contributed by atoms with Crippen LogP contribution in [0.25, 0.3) is 0 Å². The van der Waals surface area contributed by atoms with Gasteiger partial charge in [0.1, 0.15) is 0 Å². The Hall–Kier alpha value is -0.570. The number of amides is 1. The molecule has 0 aromatic rings. The first-order chi connectivity index (χ1) is 8.54. The molecule has 1 aliphatic rings. The van der Waals surface area contributed by atoms with Crippen LogP contribution in [0.3, 0.4) is 0 Å². The van der Waals surface area contributed by atoms with Crippen molar-refractivity contribution in [2.24, 2.45) is 5.92 Å². The summed E-state index contributed by atoms with van der Waals surface area (Å²) >= 11 is 0. The number of hydrogen-bond donors (Lipinski definition) is 2. The van der Waals surface area contributed by atoms with Crippen molar-refractivity contribution in [2.75, 3.05) is 0 Å². The van der Waals surface area contributed by atoms with E-state index in [0.717, 1.165) is 6.42 Å². The van der Waals surface area contributed by atoms with Gasteiger partial charge < -0.3 is 10.6 Å². The third-order valence-corrected chi connectivity index (χ3v) is 4.22. The molecule has 0 bridgehead atoms. The summed E-state index contributed by atoms with van der Waals surface area (Å²) in [5.41, 5.74) is 0. The van der Waals surface area contributed by atoms with Crippen LogP contribution in [0.15, 0.2) is 0 Å². The van der Waals surface area contributed by atoms with Gasteiger partial charge in [0.2, 0.25) is 5.91 Å². The van der Waals surface area contributed by atoms with Gasteiger partial charge in [-0.2, -0.15) is 0 Å². The highest BCUT2D eigenvalue weighted by molar-refractivity contribution is 5.81. The Kier molecular flexibility index (Phi) is 6.69. The minimum atomic E-state index is -0.0791. The predicted molar refractivity (Wildman–Crippen MR) is 76.5 cm³/mol. The highest BCUT2D eigenvalue weighted by Crippen LogP contribution is 2.23. The second-order valence-corrected chi connectivity index (χ2v) is 5.93. The Morgan fingerprint density at radius 3 is 2.56 bits per heavy atom. The third kappa shape index (κ3) is 4.97. The first-order valence-electron chi connectivity index (χ1n) is 7.61. The molecule has 4 unspecified atom stereocenters. The van der Waals surface area contributed by atoms with Gasteiger partial charge in [0, 0.05) is 12.1 Å². The molecule has 3 nitrogen and oxygen atoms in total. The van der Waals surface area contributed by atoms with Crippen LogP contribution in [0.4, 0.5) is 0 Å². The van der Waals surface area contributed by atoms with Gasteiger partial charge in [0.25, 0.3) is 0 Å². The summed E-state index contributed by atoms with van der Waals surface area (Å²) in [5.74, 6) is 0.826. The fraction of sp³-hybridized carbons (Fsp3) is 0.933. The van der Waals surface area contributed by atoms with Crippen molar-refractivity contribution >= 4 is 5.91 Å². The van der Waals surface area contributed by atoms with Crippen molar-refractivity contribution in [1.82, 2.24) is 10.6 Å². The topological polar surface area (TPSA) is 41.1 Å². The minimum absolute atomic E-state index is 0.0791. The van der Waals surface area contributed by atoms with Gasteiger partial charge in [-0.1, -0.05) is 33.1 Å². The zero-order valence-corrected chi connectivity index (χ0v) is 12.5. The van der Waals surface area contributed by atoms with E-state index in [2.05, 4.69) is 31.4 Å². The molecule has 0 spiro atoms. The Labute approximate surface area is 112 Å². The fourth-order valence-electron chi connectivity index (χ4n) is 2.61. The Morgan fingerprint density at radius 2 is 1.89 bits per heavy atom. The van der Waals surface area contributed by atoms with E-state index in [1.165, 1.54) is 32.1 Å². The van der Waals surface area contributed by atoms with Gasteiger partial charge >= 0.3 is 0 Å². The van der Waals surface area contributed by atoms with Crippen molar-refractivity contribution < 1.29 is 4.79 Å². The molecule has 1 rings (SSSR count). The lowest BCUT2D eigenvalue weighted by molar-refractivity contribution is -0.123. The molecule has 0 saturated heterocycles. The van der Waals surface area contributed by atoms with E-state index >= 15 is 0 Å². The molecule has 0 aromatic carbocycles. The van der Waals surface area contributed by atoms with E-state index < -0.39 is 0 Å². The van der Waals surface area contributed by atoms with Gasteiger partial charge in [-0.05, 0) is 39.0 Å². The monoisotopic (exact) mass is 254 g/mol. The normalized spacial score (nSPS) is 28.2. The second-order valence-electron chi connectivity index (χ2n) is 5.93. The van der Waals surface area contributed by atoms with E-state index in [1.807, 2.05) is 6.92 Å². The van der Waals surface area contributed by atoms with Crippen LogP contribution in [-0.2, 0) is 4.79 Å².